The lowest BCUT2D eigenvalue weighted by molar-refractivity contribution is -0.296. The van der Waals surface area contributed by atoms with Gasteiger partial charge in [0.15, 0.2) is 0 Å². The van der Waals surface area contributed by atoms with Crippen LogP contribution in [0.15, 0.2) is 36.4 Å². The van der Waals surface area contributed by atoms with Gasteiger partial charge in [-0.2, -0.15) is 0 Å². The Hall–Kier alpha value is -1.12. The molecule has 0 aliphatic heterocycles. The van der Waals surface area contributed by atoms with Crippen molar-refractivity contribution in [2.45, 2.75) is 19.4 Å². The average molecular weight is 178 g/mol. The zero-order chi connectivity index (χ0) is 9.73. The molecule has 0 aromatic heterocycles. The van der Waals surface area contributed by atoms with Crippen LogP contribution in [0.5, 0.6) is 0 Å². The summed E-state index contributed by atoms with van der Waals surface area (Å²) >= 11 is 0. The van der Waals surface area contributed by atoms with E-state index >= 15 is 0 Å². The van der Waals surface area contributed by atoms with Crippen molar-refractivity contribution in [3.05, 3.63) is 42.0 Å². The Bertz CT molecular complexity index is 275. The summed E-state index contributed by atoms with van der Waals surface area (Å²) in [5, 5.41) is 8.52. The summed E-state index contributed by atoms with van der Waals surface area (Å²) in [6.45, 7) is 3.57. The van der Waals surface area contributed by atoms with Crippen molar-refractivity contribution in [1.29, 1.82) is 0 Å². The fraction of sp³-hybridized carbons (Fsp3) is 0.273. The Balaban J connectivity index is 2.69. The number of rotatable bonds is 3. The van der Waals surface area contributed by atoms with E-state index in [4.69, 9.17) is 5.26 Å². The van der Waals surface area contributed by atoms with Crippen LogP contribution < -0.4 is 0 Å². The number of hydrogen-bond donors (Lipinski definition) is 1. The van der Waals surface area contributed by atoms with Crippen molar-refractivity contribution in [3.8, 4) is 0 Å². The van der Waals surface area contributed by atoms with Gasteiger partial charge in [-0.05, 0) is 25.5 Å². The molecule has 1 rings (SSSR count). The van der Waals surface area contributed by atoms with Crippen molar-refractivity contribution in [2.75, 3.05) is 0 Å². The predicted octanol–water partition coefficient (Wildman–Crippen LogP) is 2.97. The SMILES string of the molecule is CC(C)(/C=C/c1ccccc1)OO. The normalized spacial score (nSPS) is 12.2. The molecule has 0 aliphatic rings. The Kier molecular flexibility index (Phi) is 3.23. The van der Waals surface area contributed by atoms with Crippen LogP contribution in [-0.2, 0) is 4.89 Å². The van der Waals surface area contributed by atoms with E-state index in [1.54, 1.807) is 13.8 Å². The van der Waals surface area contributed by atoms with Crippen LogP contribution in [0, 0.1) is 0 Å². The smallest absolute Gasteiger partial charge is 0.116 e. The van der Waals surface area contributed by atoms with Gasteiger partial charge in [0.1, 0.15) is 5.60 Å². The fourth-order valence-corrected chi connectivity index (χ4v) is 0.891. The average Bonchev–Trinajstić information content (AvgIpc) is 2.17. The highest BCUT2D eigenvalue weighted by molar-refractivity contribution is 5.49. The van der Waals surface area contributed by atoms with Gasteiger partial charge in [-0.25, -0.2) is 4.89 Å². The molecule has 0 aliphatic carbocycles. The predicted molar refractivity (Wildman–Crippen MR) is 53.3 cm³/mol. The molecule has 0 spiro atoms. The Morgan fingerprint density at radius 2 is 1.85 bits per heavy atom. The molecule has 0 saturated carbocycles. The van der Waals surface area contributed by atoms with Gasteiger partial charge < -0.3 is 0 Å². The highest BCUT2D eigenvalue weighted by Crippen LogP contribution is 2.11. The summed E-state index contributed by atoms with van der Waals surface area (Å²) in [4.78, 5) is 4.27. The molecule has 0 radical (unpaired) electrons. The first-order valence-electron chi connectivity index (χ1n) is 4.21. The summed E-state index contributed by atoms with van der Waals surface area (Å²) in [7, 11) is 0. The largest absolute Gasteiger partial charge is 0.251 e. The van der Waals surface area contributed by atoms with Crippen LogP contribution in [0.2, 0.25) is 0 Å². The van der Waals surface area contributed by atoms with Crippen molar-refractivity contribution >= 4 is 6.08 Å². The molecule has 70 valence electrons. The number of hydrogen-bond acceptors (Lipinski definition) is 2. The van der Waals surface area contributed by atoms with Gasteiger partial charge in [0.25, 0.3) is 0 Å². The molecule has 0 saturated heterocycles. The zero-order valence-corrected chi connectivity index (χ0v) is 7.90. The van der Waals surface area contributed by atoms with Gasteiger partial charge >= 0.3 is 0 Å². The zero-order valence-electron chi connectivity index (χ0n) is 7.90. The Morgan fingerprint density at radius 1 is 1.23 bits per heavy atom. The van der Waals surface area contributed by atoms with Gasteiger partial charge in [-0.3, -0.25) is 5.26 Å². The maximum Gasteiger partial charge on any atom is 0.116 e. The maximum absolute atomic E-state index is 8.52. The minimum absolute atomic E-state index is 0.629. The summed E-state index contributed by atoms with van der Waals surface area (Å²) in [5.74, 6) is 0. The van der Waals surface area contributed by atoms with E-state index in [9.17, 15) is 0 Å². The molecule has 2 nitrogen and oxygen atoms in total. The summed E-state index contributed by atoms with van der Waals surface area (Å²) in [5.41, 5.74) is 0.461. The maximum atomic E-state index is 8.52. The monoisotopic (exact) mass is 178 g/mol. The second-order valence-electron chi connectivity index (χ2n) is 3.44. The van der Waals surface area contributed by atoms with Crippen LogP contribution in [0.3, 0.4) is 0 Å². The molecule has 1 aromatic carbocycles. The van der Waals surface area contributed by atoms with E-state index in [2.05, 4.69) is 4.89 Å². The lowest BCUT2D eigenvalue weighted by Gasteiger charge is -2.14. The molecular weight excluding hydrogens is 164 g/mol. The first-order chi connectivity index (χ1) is 6.14. The van der Waals surface area contributed by atoms with E-state index in [1.807, 2.05) is 42.5 Å². The molecular formula is C11H14O2. The molecule has 0 unspecified atom stereocenters. The highest BCUT2D eigenvalue weighted by Gasteiger charge is 2.12. The third kappa shape index (κ3) is 3.40. The van der Waals surface area contributed by atoms with E-state index in [0.717, 1.165) is 5.56 Å². The van der Waals surface area contributed by atoms with E-state index < -0.39 is 5.60 Å². The summed E-state index contributed by atoms with van der Waals surface area (Å²) in [6.07, 6.45) is 3.72. The van der Waals surface area contributed by atoms with Crippen molar-refractivity contribution in [1.82, 2.24) is 0 Å². The first-order valence-corrected chi connectivity index (χ1v) is 4.21. The van der Waals surface area contributed by atoms with Gasteiger partial charge in [-0.1, -0.05) is 36.4 Å². The lowest BCUT2D eigenvalue weighted by atomic mass is 10.1. The minimum atomic E-state index is -0.629. The van der Waals surface area contributed by atoms with Crippen molar-refractivity contribution in [2.24, 2.45) is 0 Å². The molecule has 0 atom stereocenters. The highest BCUT2D eigenvalue weighted by atomic mass is 17.1. The second-order valence-corrected chi connectivity index (χ2v) is 3.44. The second kappa shape index (κ2) is 4.21. The third-order valence-electron chi connectivity index (χ3n) is 1.71. The quantitative estimate of drug-likeness (QED) is 0.569. The fourth-order valence-electron chi connectivity index (χ4n) is 0.891. The van der Waals surface area contributed by atoms with Gasteiger partial charge in [-0.15, -0.1) is 0 Å². The Morgan fingerprint density at radius 3 is 2.38 bits per heavy atom. The van der Waals surface area contributed by atoms with Gasteiger partial charge in [0, 0.05) is 0 Å². The summed E-state index contributed by atoms with van der Waals surface area (Å²) in [6, 6.07) is 9.87. The Labute approximate surface area is 78.4 Å². The van der Waals surface area contributed by atoms with Crippen LogP contribution in [0.25, 0.3) is 6.08 Å². The van der Waals surface area contributed by atoms with Crippen molar-refractivity contribution < 1.29 is 10.1 Å². The van der Waals surface area contributed by atoms with Crippen LogP contribution in [-0.4, -0.2) is 10.9 Å². The molecule has 0 fully saturated rings. The standard InChI is InChI=1S/C11H14O2/c1-11(2,13-12)9-8-10-6-4-3-5-7-10/h3-9,12H,1-2H3/b9-8+. The van der Waals surface area contributed by atoms with Crippen LogP contribution in [0.1, 0.15) is 19.4 Å². The molecule has 0 heterocycles. The van der Waals surface area contributed by atoms with E-state index in [1.165, 1.54) is 0 Å². The van der Waals surface area contributed by atoms with Crippen LogP contribution in [0.4, 0.5) is 0 Å². The minimum Gasteiger partial charge on any atom is -0.251 e. The molecule has 13 heavy (non-hydrogen) atoms. The van der Waals surface area contributed by atoms with Crippen molar-refractivity contribution in [3.63, 3.8) is 0 Å². The molecule has 0 amide bonds. The number of benzene rings is 1. The topological polar surface area (TPSA) is 29.5 Å². The molecule has 2 heteroatoms. The van der Waals surface area contributed by atoms with E-state index in [0.29, 0.717) is 0 Å². The molecule has 1 N–H and O–H groups in total. The van der Waals surface area contributed by atoms with Crippen LogP contribution >= 0.6 is 0 Å². The third-order valence-corrected chi connectivity index (χ3v) is 1.71. The molecule has 1 aromatic rings. The van der Waals surface area contributed by atoms with E-state index in [-0.39, 0.29) is 0 Å². The van der Waals surface area contributed by atoms with Gasteiger partial charge in [0.05, 0.1) is 0 Å². The summed E-state index contributed by atoms with van der Waals surface area (Å²) < 4.78 is 0. The van der Waals surface area contributed by atoms with Gasteiger partial charge in [0.2, 0.25) is 0 Å². The molecule has 0 bridgehead atoms. The lowest BCUT2D eigenvalue weighted by Crippen LogP contribution is -2.18. The first kappa shape index (κ1) is 9.96.